The zero-order valence-corrected chi connectivity index (χ0v) is 18.9. The van der Waals surface area contributed by atoms with E-state index in [0.29, 0.717) is 30.0 Å². The predicted molar refractivity (Wildman–Crippen MR) is 126 cm³/mol. The van der Waals surface area contributed by atoms with Crippen LogP contribution in [0, 0.1) is 0 Å². The van der Waals surface area contributed by atoms with Crippen molar-refractivity contribution in [3.63, 3.8) is 0 Å². The number of furan rings is 1. The van der Waals surface area contributed by atoms with Crippen LogP contribution in [0.4, 0.5) is 5.82 Å². The van der Waals surface area contributed by atoms with Gasteiger partial charge < -0.3 is 20.8 Å². The van der Waals surface area contributed by atoms with E-state index in [1.54, 1.807) is 19.2 Å². The molecule has 0 radical (unpaired) electrons. The van der Waals surface area contributed by atoms with Gasteiger partial charge in [0.2, 0.25) is 5.91 Å². The van der Waals surface area contributed by atoms with E-state index in [2.05, 4.69) is 27.8 Å². The molecule has 0 aliphatic carbocycles. The molecule has 1 aromatic carbocycles. The highest BCUT2D eigenvalue weighted by Crippen LogP contribution is 2.23. The normalized spacial score (nSPS) is 13.2. The first-order chi connectivity index (χ1) is 15.3. The molecule has 0 bridgehead atoms. The van der Waals surface area contributed by atoms with Crippen molar-refractivity contribution in [1.29, 1.82) is 0 Å². The number of fused-ring (bicyclic) bond motifs is 1. The number of hydrogen-bond donors (Lipinski definition) is 3. The van der Waals surface area contributed by atoms with Crippen LogP contribution in [-0.2, 0) is 22.4 Å². The van der Waals surface area contributed by atoms with Gasteiger partial charge in [-0.25, -0.2) is 4.98 Å². The van der Waals surface area contributed by atoms with E-state index in [9.17, 15) is 9.59 Å². The number of ketones is 1. The van der Waals surface area contributed by atoms with Crippen molar-refractivity contribution in [3.05, 3.63) is 60.0 Å². The number of nitrogens with zero attached hydrogens (tertiary/aromatic N) is 1. The maximum absolute atomic E-state index is 12.9. The third-order valence-electron chi connectivity index (χ3n) is 5.40. The maximum Gasteiger partial charge on any atom is 0.237 e. The van der Waals surface area contributed by atoms with Gasteiger partial charge in [0, 0.05) is 25.1 Å². The van der Waals surface area contributed by atoms with Gasteiger partial charge in [-0.3, -0.25) is 9.59 Å². The van der Waals surface area contributed by atoms with E-state index in [4.69, 9.17) is 10.2 Å². The van der Waals surface area contributed by atoms with Crippen molar-refractivity contribution >= 4 is 28.5 Å². The highest BCUT2D eigenvalue weighted by atomic mass is 16.3. The van der Waals surface area contributed by atoms with E-state index in [1.807, 2.05) is 38.1 Å². The largest absolute Gasteiger partial charge is 0.461 e. The van der Waals surface area contributed by atoms with Crippen molar-refractivity contribution < 1.29 is 14.0 Å². The van der Waals surface area contributed by atoms with Crippen molar-refractivity contribution in [1.82, 2.24) is 15.6 Å². The number of carbonyl (C=O) groups is 2. The van der Waals surface area contributed by atoms with Gasteiger partial charge in [-0.2, -0.15) is 0 Å². The number of rotatable bonds is 11. The lowest BCUT2D eigenvalue weighted by Gasteiger charge is -2.23. The first-order valence-electron chi connectivity index (χ1n) is 11.1. The molecule has 0 unspecified atom stereocenters. The molecule has 0 fully saturated rings. The number of anilines is 1. The lowest BCUT2D eigenvalue weighted by molar-refractivity contribution is -0.128. The molecule has 7 heteroatoms. The Morgan fingerprint density at radius 1 is 1.09 bits per heavy atom. The van der Waals surface area contributed by atoms with Gasteiger partial charge in [-0.15, -0.1) is 0 Å². The van der Waals surface area contributed by atoms with E-state index >= 15 is 0 Å². The van der Waals surface area contributed by atoms with Crippen LogP contribution >= 0.6 is 0 Å². The Hall–Kier alpha value is -3.19. The molecule has 0 aliphatic rings. The Balaban J connectivity index is 1.53. The second kappa shape index (κ2) is 10.9. The number of carbonyl (C=O) groups excluding carboxylic acids is 2. The van der Waals surface area contributed by atoms with Gasteiger partial charge in [-0.05, 0) is 37.5 Å². The predicted octanol–water partition coefficient (Wildman–Crippen LogP) is 3.42. The Bertz CT molecular complexity index is 1050. The van der Waals surface area contributed by atoms with Gasteiger partial charge in [0.05, 0.1) is 17.5 Å². The minimum Gasteiger partial charge on any atom is -0.461 e. The number of hydrogen-bond acceptors (Lipinski definition) is 6. The van der Waals surface area contributed by atoms with Crippen LogP contribution in [0.1, 0.15) is 44.9 Å². The zero-order valence-electron chi connectivity index (χ0n) is 18.9. The molecule has 2 atom stereocenters. The molecular weight excluding hydrogens is 404 g/mol. The number of Topliss-reactive ketones (excluding diaryl/α,β-unsaturated/α-hetero) is 1. The molecule has 3 aromatic rings. The van der Waals surface area contributed by atoms with Crippen LogP contribution in [0.25, 0.3) is 11.0 Å². The lowest BCUT2D eigenvalue weighted by Crippen LogP contribution is -2.51. The molecule has 0 spiro atoms. The smallest absolute Gasteiger partial charge is 0.237 e. The van der Waals surface area contributed by atoms with Crippen LogP contribution in [0.5, 0.6) is 0 Å². The summed E-state index contributed by atoms with van der Waals surface area (Å²) in [4.78, 5) is 29.6. The summed E-state index contributed by atoms with van der Waals surface area (Å²) in [6.45, 7) is 5.74. The van der Waals surface area contributed by atoms with Crippen molar-refractivity contribution in [2.75, 3.05) is 5.73 Å². The van der Waals surface area contributed by atoms with E-state index in [-0.39, 0.29) is 30.2 Å². The Labute approximate surface area is 188 Å². The maximum atomic E-state index is 12.9. The minimum atomic E-state index is -0.577. The molecule has 0 aliphatic heterocycles. The third-order valence-corrected chi connectivity index (χ3v) is 5.40. The molecule has 1 amide bonds. The average Bonchev–Trinajstić information content (AvgIpc) is 3.20. The topological polar surface area (TPSA) is 110 Å². The van der Waals surface area contributed by atoms with Crippen LogP contribution in [0.2, 0.25) is 0 Å². The number of aromatic nitrogens is 1. The summed E-state index contributed by atoms with van der Waals surface area (Å²) in [6, 6.07) is 12.9. The zero-order chi connectivity index (χ0) is 23.1. The summed E-state index contributed by atoms with van der Waals surface area (Å²) in [5.74, 6) is 0.881. The second-order valence-electron chi connectivity index (χ2n) is 8.42. The van der Waals surface area contributed by atoms with Crippen molar-refractivity contribution in [2.24, 2.45) is 0 Å². The number of aryl methyl sites for hydroxylation is 2. The number of nitrogens with one attached hydrogen (secondary N) is 2. The number of amides is 1. The molecule has 7 nitrogen and oxygen atoms in total. The first-order valence-corrected chi connectivity index (χ1v) is 11.1. The van der Waals surface area contributed by atoms with Crippen molar-refractivity contribution in [3.8, 4) is 0 Å². The summed E-state index contributed by atoms with van der Waals surface area (Å²) in [6.07, 6.45) is 3.73. The second-order valence-corrected chi connectivity index (χ2v) is 8.42. The number of nitrogen functional groups attached to an aromatic ring is 1. The fraction of sp³-hybridized carbons (Fsp3) is 0.400. The van der Waals surface area contributed by atoms with Crippen LogP contribution in [0.15, 0.2) is 53.1 Å². The van der Waals surface area contributed by atoms with Crippen molar-refractivity contribution in [2.45, 2.75) is 64.6 Å². The third kappa shape index (κ3) is 6.40. The fourth-order valence-corrected chi connectivity index (χ4v) is 3.67. The quantitative estimate of drug-likeness (QED) is 0.425. The van der Waals surface area contributed by atoms with Gasteiger partial charge >= 0.3 is 0 Å². The Morgan fingerprint density at radius 2 is 1.84 bits per heavy atom. The molecule has 4 N–H and O–H groups in total. The summed E-state index contributed by atoms with van der Waals surface area (Å²) in [5.41, 5.74) is 7.70. The van der Waals surface area contributed by atoms with E-state index in [1.165, 1.54) is 5.56 Å². The molecule has 170 valence electrons. The van der Waals surface area contributed by atoms with Gasteiger partial charge in [0.1, 0.15) is 17.2 Å². The standard InChI is InChI=1S/C25H32N4O3/c1-16(2)28-21(11-9-18-7-5-4-6-8-18)25(31)29-17(3)22(30)12-10-19-15-20-23(32-19)13-14-27-24(20)26/h4-8,13-17,21,28H,9-12H2,1-3H3,(H2,26,27)(H,29,31)/t17-,21+/m0/s1. The minimum absolute atomic E-state index is 0.0451. The van der Waals surface area contributed by atoms with Gasteiger partial charge in [-0.1, -0.05) is 44.2 Å². The number of pyridine rings is 1. The average molecular weight is 437 g/mol. The SMILES string of the molecule is CC(C)N[C@H](CCc1ccccc1)C(=O)N[C@@H](C)C(=O)CCc1cc2c(N)nccc2o1. The summed E-state index contributed by atoms with van der Waals surface area (Å²) < 4.78 is 5.75. The molecule has 3 rings (SSSR count). The molecule has 2 heterocycles. The van der Waals surface area contributed by atoms with Crippen LogP contribution < -0.4 is 16.4 Å². The summed E-state index contributed by atoms with van der Waals surface area (Å²) in [7, 11) is 0. The van der Waals surface area contributed by atoms with E-state index < -0.39 is 6.04 Å². The summed E-state index contributed by atoms with van der Waals surface area (Å²) >= 11 is 0. The van der Waals surface area contributed by atoms with Crippen LogP contribution in [-0.4, -0.2) is 34.8 Å². The van der Waals surface area contributed by atoms with E-state index in [0.717, 1.165) is 11.8 Å². The highest BCUT2D eigenvalue weighted by Gasteiger charge is 2.23. The number of nitrogens with two attached hydrogens (primary N) is 1. The number of benzene rings is 1. The molecule has 32 heavy (non-hydrogen) atoms. The molecule has 2 aromatic heterocycles. The summed E-state index contributed by atoms with van der Waals surface area (Å²) in [5, 5.41) is 6.95. The lowest BCUT2D eigenvalue weighted by atomic mass is 10.0. The molecule has 0 saturated carbocycles. The van der Waals surface area contributed by atoms with Crippen LogP contribution in [0.3, 0.4) is 0 Å². The Morgan fingerprint density at radius 3 is 2.53 bits per heavy atom. The Kier molecular flexibility index (Phi) is 8.00. The van der Waals surface area contributed by atoms with Gasteiger partial charge in [0.25, 0.3) is 0 Å². The first kappa shape index (κ1) is 23.5. The molecular formula is C25H32N4O3. The highest BCUT2D eigenvalue weighted by molar-refractivity contribution is 5.91. The fourth-order valence-electron chi connectivity index (χ4n) is 3.67. The van der Waals surface area contributed by atoms with Gasteiger partial charge in [0.15, 0.2) is 5.78 Å². The molecule has 0 saturated heterocycles. The monoisotopic (exact) mass is 436 g/mol.